The third kappa shape index (κ3) is 2.11. The smallest absolute Gasteiger partial charge is 0.0326 e. The zero-order valence-corrected chi connectivity index (χ0v) is 8.51. The van der Waals surface area contributed by atoms with Crippen LogP contribution in [0.15, 0.2) is 48.2 Å². The summed E-state index contributed by atoms with van der Waals surface area (Å²) < 4.78 is 0. The minimum Gasteiger partial charge on any atom is -0.378 e. The van der Waals surface area contributed by atoms with E-state index < -0.39 is 0 Å². The molecule has 70 valence electrons. The van der Waals surface area contributed by atoms with E-state index in [1.165, 1.54) is 11.1 Å². The van der Waals surface area contributed by atoms with Gasteiger partial charge in [0, 0.05) is 19.8 Å². The maximum absolute atomic E-state index is 4.06. The zero-order valence-electron chi connectivity index (χ0n) is 8.51. The molecule has 1 rings (SSSR count). The van der Waals surface area contributed by atoms with Crippen molar-refractivity contribution in [3.05, 3.63) is 48.2 Å². The summed E-state index contributed by atoms with van der Waals surface area (Å²) in [4.78, 5) is 2.05. The molecular formula is C12H17N. The van der Waals surface area contributed by atoms with E-state index in [0.29, 0.717) is 0 Å². The predicted molar refractivity (Wildman–Crippen MR) is 58.4 cm³/mol. The monoisotopic (exact) mass is 175 g/mol. The molecular weight excluding hydrogens is 158 g/mol. The number of nitrogens with zero attached hydrogens (tertiary/aromatic N) is 1. The third-order valence-corrected chi connectivity index (χ3v) is 2.31. The molecule has 0 aromatic rings. The molecule has 13 heavy (non-hydrogen) atoms. The van der Waals surface area contributed by atoms with Crippen molar-refractivity contribution >= 4 is 0 Å². The van der Waals surface area contributed by atoms with Crippen LogP contribution in [-0.4, -0.2) is 19.0 Å². The second-order valence-corrected chi connectivity index (χ2v) is 3.42. The molecule has 0 bridgehead atoms. The van der Waals surface area contributed by atoms with E-state index in [2.05, 4.69) is 30.2 Å². The molecule has 0 amide bonds. The maximum Gasteiger partial charge on any atom is 0.0326 e. The summed E-state index contributed by atoms with van der Waals surface area (Å²) >= 11 is 0. The molecule has 0 unspecified atom stereocenters. The van der Waals surface area contributed by atoms with Gasteiger partial charge in [0.05, 0.1) is 0 Å². The summed E-state index contributed by atoms with van der Waals surface area (Å²) in [7, 11) is 4.04. The number of hydrogen-bond acceptors (Lipinski definition) is 1. The van der Waals surface area contributed by atoms with Gasteiger partial charge in [-0.3, -0.25) is 0 Å². The average molecular weight is 175 g/mol. The summed E-state index contributed by atoms with van der Waals surface area (Å²) in [6.45, 7) is 7.87. The standard InChI is InChI=1S/C12H17N/c1-5-11-8-6-7-9-12(11)10(2)13(3)4/h5-6,8H,1-2,7,9H2,3-4H3. The lowest BCUT2D eigenvalue weighted by Gasteiger charge is -2.22. The van der Waals surface area contributed by atoms with Gasteiger partial charge in [-0.2, -0.15) is 0 Å². The van der Waals surface area contributed by atoms with Crippen molar-refractivity contribution < 1.29 is 0 Å². The minimum atomic E-state index is 1.08. The number of allylic oxidation sites excluding steroid dienone is 5. The topological polar surface area (TPSA) is 3.24 Å². The van der Waals surface area contributed by atoms with E-state index in [1.54, 1.807) is 0 Å². The Balaban J connectivity index is 2.98. The Kier molecular flexibility index (Phi) is 3.13. The van der Waals surface area contributed by atoms with Crippen LogP contribution in [0.3, 0.4) is 0 Å². The van der Waals surface area contributed by atoms with Crippen molar-refractivity contribution in [2.75, 3.05) is 14.1 Å². The fourth-order valence-corrected chi connectivity index (χ4v) is 1.45. The van der Waals surface area contributed by atoms with Gasteiger partial charge in [0.1, 0.15) is 0 Å². The first-order valence-corrected chi connectivity index (χ1v) is 4.55. The highest BCUT2D eigenvalue weighted by Crippen LogP contribution is 2.25. The first-order chi connectivity index (χ1) is 6.16. The van der Waals surface area contributed by atoms with Crippen LogP contribution in [0.5, 0.6) is 0 Å². The van der Waals surface area contributed by atoms with E-state index in [0.717, 1.165) is 18.5 Å². The van der Waals surface area contributed by atoms with Crippen molar-refractivity contribution in [3.63, 3.8) is 0 Å². The van der Waals surface area contributed by atoms with Crippen LogP contribution in [0.2, 0.25) is 0 Å². The van der Waals surface area contributed by atoms with Crippen LogP contribution in [0.1, 0.15) is 12.8 Å². The van der Waals surface area contributed by atoms with Gasteiger partial charge in [-0.05, 0) is 24.0 Å². The second kappa shape index (κ2) is 4.13. The third-order valence-electron chi connectivity index (χ3n) is 2.31. The van der Waals surface area contributed by atoms with Gasteiger partial charge in [-0.25, -0.2) is 0 Å². The van der Waals surface area contributed by atoms with Crippen molar-refractivity contribution in [2.45, 2.75) is 12.8 Å². The molecule has 1 aliphatic rings. The molecule has 0 aromatic carbocycles. The molecule has 1 aliphatic carbocycles. The first-order valence-electron chi connectivity index (χ1n) is 4.55. The molecule has 0 fully saturated rings. The highest BCUT2D eigenvalue weighted by atomic mass is 15.1. The van der Waals surface area contributed by atoms with Crippen LogP contribution >= 0.6 is 0 Å². The van der Waals surface area contributed by atoms with E-state index in [9.17, 15) is 0 Å². The fraction of sp³-hybridized carbons (Fsp3) is 0.333. The van der Waals surface area contributed by atoms with Gasteiger partial charge >= 0.3 is 0 Å². The van der Waals surface area contributed by atoms with E-state index in [1.807, 2.05) is 20.2 Å². The van der Waals surface area contributed by atoms with E-state index >= 15 is 0 Å². The van der Waals surface area contributed by atoms with Gasteiger partial charge in [0.2, 0.25) is 0 Å². The molecule has 0 N–H and O–H groups in total. The van der Waals surface area contributed by atoms with Crippen molar-refractivity contribution in [1.29, 1.82) is 0 Å². The van der Waals surface area contributed by atoms with Gasteiger partial charge < -0.3 is 4.90 Å². The lowest BCUT2D eigenvalue weighted by molar-refractivity contribution is 0.517. The molecule has 0 saturated heterocycles. The normalized spacial score (nSPS) is 15.8. The Morgan fingerprint density at radius 2 is 2.23 bits per heavy atom. The molecule has 0 aromatic heterocycles. The van der Waals surface area contributed by atoms with Crippen LogP contribution in [0.25, 0.3) is 0 Å². The molecule has 0 saturated carbocycles. The Morgan fingerprint density at radius 1 is 1.54 bits per heavy atom. The fourth-order valence-electron chi connectivity index (χ4n) is 1.45. The molecule has 0 radical (unpaired) electrons. The molecule has 0 atom stereocenters. The summed E-state index contributed by atoms with van der Waals surface area (Å²) in [5, 5.41) is 0. The summed E-state index contributed by atoms with van der Waals surface area (Å²) in [6, 6.07) is 0. The molecule has 0 spiro atoms. The Morgan fingerprint density at radius 3 is 2.77 bits per heavy atom. The van der Waals surface area contributed by atoms with Gasteiger partial charge in [-0.1, -0.05) is 31.4 Å². The van der Waals surface area contributed by atoms with Gasteiger partial charge in [0.15, 0.2) is 0 Å². The lowest BCUT2D eigenvalue weighted by atomic mass is 9.95. The van der Waals surface area contributed by atoms with Crippen LogP contribution in [0, 0.1) is 0 Å². The Hall–Kier alpha value is -1.24. The zero-order chi connectivity index (χ0) is 9.84. The van der Waals surface area contributed by atoms with Crippen LogP contribution < -0.4 is 0 Å². The Labute approximate surface area is 80.7 Å². The molecule has 1 nitrogen and oxygen atoms in total. The van der Waals surface area contributed by atoms with Crippen molar-refractivity contribution in [1.82, 2.24) is 4.90 Å². The maximum atomic E-state index is 4.06. The number of likely N-dealkylation sites (N-methyl/N-ethyl adjacent to an activating group) is 1. The minimum absolute atomic E-state index is 1.08. The Bertz CT molecular complexity index is 279. The van der Waals surface area contributed by atoms with E-state index in [-0.39, 0.29) is 0 Å². The highest BCUT2D eigenvalue weighted by Gasteiger charge is 2.10. The quantitative estimate of drug-likeness (QED) is 0.637. The van der Waals surface area contributed by atoms with Gasteiger partial charge in [-0.15, -0.1) is 0 Å². The largest absolute Gasteiger partial charge is 0.378 e. The summed E-state index contributed by atoms with van der Waals surface area (Å²) in [5.74, 6) is 0. The molecule has 0 aliphatic heterocycles. The number of rotatable bonds is 3. The lowest BCUT2D eigenvalue weighted by Crippen LogP contribution is -2.13. The molecule has 0 heterocycles. The highest BCUT2D eigenvalue weighted by molar-refractivity contribution is 5.45. The number of hydrogen-bond donors (Lipinski definition) is 0. The SMILES string of the molecule is C=CC1=C(C(=C)N(C)C)CCC=C1. The van der Waals surface area contributed by atoms with Gasteiger partial charge in [0.25, 0.3) is 0 Å². The van der Waals surface area contributed by atoms with Crippen LogP contribution in [-0.2, 0) is 0 Å². The molecule has 1 heteroatoms. The summed E-state index contributed by atoms with van der Waals surface area (Å²) in [5.41, 5.74) is 3.63. The average Bonchev–Trinajstić information content (AvgIpc) is 2.16. The van der Waals surface area contributed by atoms with Crippen molar-refractivity contribution in [3.8, 4) is 0 Å². The second-order valence-electron chi connectivity index (χ2n) is 3.42. The van der Waals surface area contributed by atoms with E-state index in [4.69, 9.17) is 0 Å². The van der Waals surface area contributed by atoms with Crippen molar-refractivity contribution in [2.24, 2.45) is 0 Å². The first kappa shape index (κ1) is 9.85. The van der Waals surface area contributed by atoms with Crippen LogP contribution in [0.4, 0.5) is 0 Å². The summed E-state index contributed by atoms with van der Waals surface area (Å²) in [6.07, 6.45) is 8.40. The predicted octanol–water partition coefficient (Wildman–Crippen LogP) is 2.89.